The second-order valence-corrected chi connectivity index (χ2v) is 6.83. The van der Waals surface area contributed by atoms with Crippen LogP contribution in [0.1, 0.15) is 31.0 Å². The first-order valence-corrected chi connectivity index (χ1v) is 8.80. The number of aromatic nitrogens is 2. The van der Waals surface area contributed by atoms with Crippen molar-refractivity contribution in [3.63, 3.8) is 0 Å². The van der Waals surface area contributed by atoms with Crippen LogP contribution in [0.25, 0.3) is 0 Å². The van der Waals surface area contributed by atoms with Crippen LogP contribution in [-0.2, 0) is 17.6 Å². The standard InChI is InChI=1S/C17H18FN3O2S/c1-2-14(16(23)19-13-8-4-3-7-11(13)18)24-17-20-12-9-5-6-10(12)15(22)21-17/h3-4,7-8,14H,2,5-6,9H2,1H3,(H,19,23)(H,20,21,22)/t14-/m0/s1. The fraction of sp³-hybridized carbons (Fsp3) is 0.353. The Morgan fingerprint density at radius 1 is 1.42 bits per heavy atom. The fourth-order valence-electron chi connectivity index (χ4n) is 2.71. The van der Waals surface area contributed by atoms with Gasteiger partial charge in [-0.1, -0.05) is 30.8 Å². The molecule has 2 N–H and O–H groups in total. The molecule has 24 heavy (non-hydrogen) atoms. The molecule has 0 bridgehead atoms. The number of benzene rings is 1. The molecule has 2 aromatic rings. The molecule has 1 aliphatic rings. The molecule has 1 amide bonds. The highest BCUT2D eigenvalue weighted by atomic mass is 32.2. The van der Waals surface area contributed by atoms with Crippen LogP contribution in [0.3, 0.4) is 0 Å². The predicted molar refractivity (Wildman–Crippen MR) is 91.8 cm³/mol. The lowest BCUT2D eigenvalue weighted by Crippen LogP contribution is -2.26. The molecule has 7 heteroatoms. The molecule has 3 rings (SSSR count). The number of halogens is 1. The van der Waals surface area contributed by atoms with E-state index in [1.54, 1.807) is 12.1 Å². The maximum atomic E-state index is 13.7. The van der Waals surface area contributed by atoms with Crippen molar-refractivity contribution in [2.75, 3.05) is 5.32 Å². The smallest absolute Gasteiger partial charge is 0.254 e. The van der Waals surface area contributed by atoms with Crippen LogP contribution in [0.15, 0.2) is 34.2 Å². The van der Waals surface area contributed by atoms with Crippen molar-refractivity contribution in [1.82, 2.24) is 9.97 Å². The third kappa shape index (κ3) is 3.51. The van der Waals surface area contributed by atoms with E-state index in [1.807, 2.05) is 6.92 Å². The third-order valence-corrected chi connectivity index (χ3v) is 5.22. The van der Waals surface area contributed by atoms with Crippen molar-refractivity contribution < 1.29 is 9.18 Å². The van der Waals surface area contributed by atoms with E-state index in [-0.39, 0.29) is 17.2 Å². The number of thioether (sulfide) groups is 1. The molecule has 0 aliphatic heterocycles. The molecule has 0 radical (unpaired) electrons. The van der Waals surface area contributed by atoms with Crippen molar-refractivity contribution in [1.29, 1.82) is 0 Å². The second-order valence-electron chi connectivity index (χ2n) is 5.63. The average molecular weight is 347 g/mol. The zero-order valence-electron chi connectivity index (χ0n) is 13.3. The Morgan fingerprint density at radius 3 is 2.96 bits per heavy atom. The largest absolute Gasteiger partial charge is 0.323 e. The molecule has 0 spiro atoms. The fourth-order valence-corrected chi connectivity index (χ4v) is 3.62. The molecule has 0 fully saturated rings. The van der Waals surface area contributed by atoms with Gasteiger partial charge < -0.3 is 10.3 Å². The number of nitrogens with one attached hydrogen (secondary N) is 2. The average Bonchev–Trinajstić information content (AvgIpc) is 3.03. The minimum atomic E-state index is -0.477. The van der Waals surface area contributed by atoms with Crippen LogP contribution in [0.4, 0.5) is 10.1 Å². The summed E-state index contributed by atoms with van der Waals surface area (Å²) in [5.74, 6) is -0.787. The Balaban J connectivity index is 1.75. The molecule has 0 unspecified atom stereocenters. The number of amides is 1. The van der Waals surface area contributed by atoms with Gasteiger partial charge >= 0.3 is 0 Å². The van der Waals surface area contributed by atoms with Gasteiger partial charge in [-0.05, 0) is 37.8 Å². The molecular formula is C17H18FN3O2S. The zero-order chi connectivity index (χ0) is 17.1. The molecular weight excluding hydrogens is 329 g/mol. The summed E-state index contributed by atoms with van der Waals surface area (Å²) in [6, 6.07) is 6.03. The Labute approximate surface area is 143 Å². The van der Waals surface area contributed by atoms with E-state index < -0.39 is 11.1 Å². The lowest BCUT2D eigenvalue weighted by Gasteiger charge is -2.14. The second kappa shape index (κ2) is 7.17. The van der Waals surface area contributed by atoms with Crippen LogP contribution in [0.5, 0.6) is 0 Å². The minimum Gasteiger partial charge on any atom is -0.323 e. The molecule has 0 saturated carbocycles. The Bertz CT molecular complexity index is 822. The number of rotatable bonds is 5. The molecule has 1 heterocycles. The quantitative estimate of drug-likeness (QED) is 0.644. The summed E-state index contributed by atoms with van der Waals surface area (Å²) in [5, 5.41) is 2.57. The van der Waals surface area contributed by atoms with E-state index in [1.165, 1.54) is 23.9 Å². The highest BCUT2D eigenvalue weighted by Crippen LogP contribution is 2.25. The van der Waals surface area contributed by atoms with Gasteiger partial charge in [-0.3, -0.25) is 9.59 Å². The van der Waals surface area contributed by atoms with Gasteiger partial charge in [0.1, 0.15) is 5.82 Å². The van der Waals surface area contributed by atoms with Crippen LogP contribution in [0, 0.1) is 5.82 Å². The lowest BCUT2D eigenvalue weighted by atomic mass is 10.2. The Morgan fingerprint density at radius 2 is 2.21 bits per heavy atom. The summed E-state index contributed by atoms with van der Waals surface area (Å²) in [6.45, 7) is 1.87. The normalized spacial score (nSPS) is 14.2. The number of aromatic amines is 1. The summed E-state index contributed by atoms with van der Waals surface area (Å²) >= 11 is 1.20. The SMILES string of the molecule is CC[C@H](Sc1nc2c(c(=O)[nH]1)CCC2)C(=O)Nc1ccccc1F. The summed E-state index contributed by atoms with van der Waals surface area (Å²) in [4.78, 5) is 31.7. The van der Waals surface area contributed by atoms with E-state index in [0.717, 1.165) is 30.5 Å². The Kier molecular flexibility index (Phi) is 4.99. The zero-order valence-corrected chi connectivity index (χ0v) is 14.1. The number of anilines is 1. The number of para-hydroxylation sites is 1. The highest BCUT2D eigenvalue weighted by Gasteiger charge is 2.23. The van der Waals surface area contributed by atoms with Crippen LogP contribution in [-0.4, -0.2) is 21.1 Å². The number of hydrogen-bond acceptors (Lipinski definition) is 4. The van der Waals surface area contributed by atoms with Crippen LogP contribution < -0.4 is 10.9 Å². The van der Waals surface area contributed by atoms with E-state index >= 15 is 0 Å². The first-order chi connectivity index (χ1) is 11.6. The molecule has 126 valence electrons. The number of carbonyl (C=O) groups is 1. The molecule has 1 aliphatic carbocycles. The van der Waals surface area contributed by atoms with E-state index in [9.17, 15) is 14.0 Å². The number of carbonyl (C=O) groups excluding carboxylic acids is 1. The lowest BCUT2D eigenvalue weighted by molar-refractivity contribution is -0.115. The first kappa shape index (κ1) is 16.7. The first-order valence-electron chi connectivity index (χ1n) is 7.92. The van der Waals surface area contributed by atoms with Gasteiger partial charge in [0.2, 0.25) is 5.91 Å². The van der Waals surface area contributed by atoms with Crippen LogP contribution in [0.2, 0.25) is 0 Å². The molecule has 0 saturated heterocycles. The summed E-state index contributed by atoms with van der Waals surface area (Å²) < 4.78 is 13.7. The van der Waals surface area contributed by atoms with Gasteiger partial charge in [0.05, 0.1) is 16.6 Å². The summed E-state index contributed by atoms with van der Waals surface area (Å²) in [5.41, 5.74) is 1.61. The van der Waals surface area contributed by atoms with Crippen molar-refractivity contribution in [3.8, 4) is 0 Å². The van der Waals surface area contributed by atoms with Crippen molar-refractivity contribution in [3.05, 3.63) is 51.7 Å². The number of H-pyrrole nitrogens is 1. The highest BCUT2D eigenvalue weighted by molar-refractivity contribution is 8.00. The number of aryl methyl sites for hydroxylation is 1. The van der Waals surface area contributed by atoms with Gasteiger partial charge in [0, 0.05) is 5.56 Å². The number of hydrogen-bond donors (Lipinski definition) is 2. The Hall–Kier alpha value is -2.15. The van der Waals surface area contributed by atoms with Crippen molar-refractivity contribution in [2.45, 2.75) is 43.0 Å². The molecule has 1 atom stereocenters. The minimum absolute atomic E-state index is 0.121. The maximum absolute atomic E-state index is 13.7. The number of fused-ring (bicyclic) bond motifs is 1. The van der Waals surface area contributed by atoms with Crippen molar-refractivity contribution >= 4 is 23.4 Å². The van der Waals surface area contributed by atoms with Crippen LogP contribution >= 0.6 is 11.8 Å². The third-order valence-electron chi connectivity index (χ3n) is 3.97. The van der Waals surface area contributed by atoms with Gasteiger partial charge in [0.25, 0.3) is 5.56 Å². The summed E-state index contributed by atoms with van der Waals surface area (Å²) in [7, 11) is 0. The number of nitrogens with zero attached hydrogens (tertiary/aromatic N) is 1. The molecule has 1 aromatic carbocycles. The maximum Gasteiger partial charge on any atom is 0.254 e. The van der Waals surface area contributed by atoms with Crippen molar-refractivity contribution in [2.24, 2.45) is 0 Å². The molecule has 5 nitrogen and oxygen atoms in total. The van der Waals surface area contributed by atoms with Gasteiger partial charge in [-0.25, -0.2) is 9.37 Å². The van der Waals surface area contributed by atoms with E-state index in [0.29, 0.717) is 11.6 Å². The predicted octanol–water partition coefficient (Wildman–Crippen LogP) is 2.91. The van der Waals surface area contributed by atoms with Gasteiger partial charge in [0.15, 0.2) is 5.16 Å². The van der Waals surface area contributed by atoms with E-state index in [4.69, 9.17) is 0 Å². The van der Waals surface area contributed by atoms with E-state index in [2.05, 4.69) is 15.3 Å². The van der Waals surface area contributed by atoms with Gasteiger partial charge in [-0.15, -0.1) is 0 Å². The molecule has 1 aromatic heterocycles. The monoisotopic (exact) mass is 347 g/mol. The topological polar surface area (TPSA) is 74.8 Å². The van der Waals surface area contributed by atoms with Gasteiger partial charge in [-0.2, -0.15) is 0 Å². The summed E-state index contributed by atoms with van der Waals surface area (Å²) in [6.07, 6.45) is 3.02.